The van der Waals surface area contributed by atoms with Crippen LogP contribution in [-0.2, 0) is 11.2 Å². The van der Waals surface area contributed by atoms with Crippen molar-refractivity contribution >= 4 is 5.97 Å². The molecule has 6 heteroatoms. The molecule has 0 amide bonds. The van der Waals surface area contributed by atoms with E-state index in [0.29, 0.717) is 5.56 Å². The Morgan fingerprint density at radius 3 is 2.50 bits per heavy atom. The summed E-state index contributed by atoms with van der Waals surface area (Å²) >= 11 is 0. The van der Waals surface area contributed by atoms with E-state index in [1.807, 2.05) is 0 Å². The van der Waals surface area contributed by atoms with E-state index in [-0.39, 0.29) is 23.4 Å². The van der Waals surface area contributed by atoms with Crippen LogP contribution < -0.4 is 4.74 Å². The molecule has 2 aromatic rings. The summed E-state index contributed by atoms with van der Waals surface area (Å²) in [6, 6.07) is 4.46. The average Bonchev–Trinajstić information content (AvgIpc) is 2.36. The second kappa shape index (κ2) is 5.64. The van der Waals surface area contributed by atoms with Crippen LogP contribution in [0.2, 0.25) is 0 Å². The molecule has 1 aromatic heterocycles. The van der Waals surface area contributed by atoms with Crippen molar-refractivity contribution in [2.24, 2.45) is 0 Å². The van der Waals surface area contributed by atoms with Crippen molar-refractivity contribution in [1.29, 1.82) is 0 Å². The second-order valence-electron chi connectivity index (χ2n) is 4.08. The first-order chi connectivity index (χ1) is 9.51. The van der Waals surface area contributed by atoms with Gasteiger partial charge in [-0.15, -0.1) is 0 Å². The Balaban J connectivity index is 2.58. The van der Waals surface area contributed by atoms with Crippen LogP contribution in [0.3, 0.4) is 0 Å². The van der Waals surface area contributed by atoms with Crippen molar-refractivity contribution in [2.75, 3.05) is 7.11 Å². The number of aliphatic carboxylic acids is 1. The van der Waals surface area contributed by atoms with Crippen molar-refractivity contribution in [3.63, 3.8) is 0 Å². The number of hydrogen-bond donors (Lipinski definition) is 1. The highest BCUT2D eigenvalue weighted by molar-refractivity contribution is 5.75. The molecule has 1 N–H and O–H groups in total. The standard InChI is InChI=1S/C14H11F2NO3/c1-20-14-8(6-12(18)19)2-3-17-13(14)9-4-10(15)7-11(16)5-9/h2-5,7H,6H2,1H3,(H,18,19). The quantitative estimate of drug-likeness (QED) is 0.934. The highest BCUT2D eigenvalue weighted by Gasteiger charge is 2.15. The lowest BCUT2D eigenvalue weighted by Gasteiger charge is -2.11. The Hall–Kier alpha value is -2.50. The number of ether oxygens (including phenoxy) is 1. The van der Waals surface area contributed by atoms with Crippen LogP contribution in [0.15, 0.2) is 30.5 Å². The molecule has 104 valence electrons. The van der Waals surface area contributed by atoms with Crippen molar-refractivity contribution in [2.45, 2.75) is 6.42 Å². The van der Waals surface area contributed by atoms with Gasteiger partial charge in [-0.05, 0) is 18.2 Å². The maximum Gasteiger partial charge on any atom is 0.307 e. The number of pyridine rings is 1. The van der Waals surface area contributed by atoms with Crippen LogP contribution in [0.25, 0.3) is 11.3 Å². The van der Waals surface area contributed by atoms with Gasteiger partial charge >= 0.3 is 5.97 Å². The molecule has 0 atom stereocenters. The Morgan fingerprint density at radius 2 is 1.95 bits per heavy atom. The van der Waals surface area contributed by atoms with Gasteiger partial charge in [-0.3, -0.25) is 9.78 Å². The largest absolute Gasteiger partial charge is 0.494 e. The minimum Gasteiger partial charge on any atom is -0.494 e. The topological polar surface area (TPSA) is 59.4 Å². The number of hydrogen-bond acceptors (Lipinski definition) is 3. The van der Waals surface area contributed by atoms with E-state index < -0.39 is 17.6 Å². The fourth-order valence-corrected chi connectivity index (χ4v) is 1.91. The first-order valence-electron chi connectivity index (χ1n) is 5.71. The zero-order chi connectivity index (χ0) is 14.7. The summed E-state index contributed by atoms with van der Waals surface area (Å²) in [6.07, 6.45) is 1.11. The minimum absolute atomic E-state index is 0.187. The second-order valence-corrected chi connectivity index (χ2v) is 4.08. The van der Waals surface area contributed by atoms with Crippen molar-refractivity contribution in [1.82, 2.24) is 4.98 Å². The molecule has 0 aliphatic rings. The van der Waals surface area contributed by atoms with Crippen LogP contribution in [0, 0.1) is 11.6 Å². The zero-order valence-electron chi connectivity index (χ0n) is 10.6. The Labute approximate surface area is 113 Å². The van der Waals surface area contributed by atoms with E-state index in [4.69, 9.17) is 9.84 Å². The van der Waals surface area contributed by atoms with E-state index in [1.165, 1.54) is 19.4 Å². The summed E-state index contributed by atoms with van der Waals surface area (Å²) in [5.74, 6) is -2.33. The molecular weight excluding hydrogens is 268 g/mol. The summed E-state index contributed by atoms with van der Waals surface area (Å²) in [5, 5.41) is 8.84. The first-order valence-corrected chi connectivity index (χ1v) is 5.71. The molecule has 1 aromatic carbocycles. The van der Waals surface area contributed by atoms with E-state index in [2.05, 4.69) is 4.98 Å². The summed E-state index contributed by atoms with van der Waals surface area (Å²) in [6.45, 7) is 0. The highest BCUT2D eigenvalue weighted by atomic mass is 19.1. The number of carbonyl (C=O) groups is 1. The van der Waals surface area contributed by atoms with E-state index in [9.17, 15) is 13.6 Å². The Kier molecular flexibility index (Phi) is 3.93. The molecule has 0 aliphatic heterocycles. The summed E-state index contributed by atoms with van der Waals surface area (Å²) in [5.41, 5.74) is 0.769. The van der Waals surface area contributed by atoms with Gasteiger partial charge in [0.25, 0.3) is 0 Å². The zero-order valence-corrected chi connectivity index (χ0v) is 10.6. The molecule has 0 fully saturated rings. The Morgan fingerprint density at radius 1 is 1.30 bits per heavy atom. The van der Waals surface area contributed by atoms with E-state index in [1.54, 1.807) is 0 Å². The lowest BCUT2D eigenvalue weighted by atomic mass is 10.1. The summed E-state index contributed by atoms with van der Waals surface area (Å²) < 4.78 is 31.7. The van der Waals surface area contributed by atoms with Gasteiger partial charge in [-0.25, -0.2) is 8.78 Å². The molecular formula is C14H11F2NO3. The van der Waals surface area contributed by atoms with Gasteiger partial charge in [0.1, 0.15) is 23.1 Å². The summed E-state index contributed by atoms with van der Waals surface area (Å²) in [7, 11) is 1.35. The van der Waals surface area contributed by atoms with Crippen molar-refractivity contribution in [3.05, 3.63) is 47.7 Å². The van der Waals surface area contributed by atoms with Gasteiger partial charge in [0.2, 0.25) is 0 Å². The monoisotopic (exact) mass is 279 g/mol. The minimum atomic E-state index is -1.04. The fourth-order valence-electron chi connectivity index (χ4n) is 1.91. The number of carboxylic acid groups (broad SMARTS) is 1. The smallest absolute Gasteiger partial charge is 0.307 e. The van der Waals surface area contributed by atoms with Crippen LogP contribution in [0.5, 0.6) is 5.75 Å². The molecule has 0 spiro atoms. The lowest BCUT2D eigenvalue weighted by molar-refractivity contribution is -0.136. The number of nitrogens with zero attached hydrogens (tertiary/aromatic N) is 1. The third kappa shape index (κ3) is 2.90. The molecule has 0 saturated carbocycles. The van der Waals surface area contributed by atoms with Gasteiger partial charge in [0.15, 0.2) is 0 Å². The first kappa shape index (κ1) is 13.9. The third-order valence-electron chi connectivity index (χ3n) is 2.67. The molecule has 1 heterocycles. The van der Waals surface area contributed by atoms with E-state index in [0.717, 1.165) is 18.2 Å². The molecule has 0 radical (unpaired) electrons. The molecule has 0 aliphatic carbocycles. The normalized spacial score (nSPS) is 10.3. The molecule has 0 saturated heterocycles. The molecule has 0 unspecified atom stereocenters. The molecule has 0 bridgehead atoms. The SMILES string of the molecule is COc1c(CC(=O)O)ccnc1-c1cc(F)cc(F)c1. The van der Waals surface area contributed by atoms with Gasteiger partial charge in [0, 0.05) is 23.4 Å². The number of halogens is 2. The number of aromatic nitrogens is 1. The van der Waals surface area contributed by atoms with E-state index >= 15 is 0 Å². The molecule has 20 heavy (non-hydrogen) atoms. The maximum absolute atomic E-state index is 13.3. The van der Waals surface area contributed by atoms with Crippen molar-refractivity contribution < 1.29 is 23.4 Å². The van der Waals surface area contributed by atoms with Crippen LogP contribution in [-0.4, -0.2) is 23.2 Å². The number of benzene rings is 1. The number of rotatable bonds is 4. The summed E-state index contributed by atoms with van der Waals surface area (Å²) in [4.78, 5) is 14.8. The van der Waals surface area contributed by atoms with Gasteiger partial charge in [-0.2, -0.15) is 0 Å². The van der Waals surface area contributed by atoms with Crippen LogP contribution in [0.1, 0.15) is 5.56 Å². The van der Waals surface area contributed by atoms with Crippen molar-refractivity contribution in [3.8, 4) is 17.0 Å². The van der Waals surface area contributed by atoms with Crippen LogP contribution >= 0.6 is 0 Å². The molecule has 2 rings (SSSR count). The predicted octanol–water partition coefficient (Wildman–Crippen LogP) is 2.66. The van der Waals surface area contributed by atoms with Gasteiger partial charge in [0.05, 0.1) is 13.5 Å². The maximum atomic E-state index is 13.3. The third-order valence-corrected chi connectivity index (χ3v) is 2.67. The predicted molar refractivity (Wildman–Crippen MR) is 67.5 cm³/mol. The molecule has 4 nitrogen and oxygen atoms in total. The van der Waals surface area contributed by atoms with Gasteiger partial charge < -0.3 is 9.84 Å². The van der Waals surface area contributed by atoms with Gasteiger partial charge in [-0.1, -0.05) is 0 Å². The Bertz CT molecular complexity index is 639. The fraction of sp³-hybridized carbons (Fsp3) is 0.143. The number of carboxylic acids is 1. The van der Waals surface area contributed by atoms with Crippen LogP contribution in [0.4, 0.5) is 8.78 Å². The average molecular weight is 279 g/mol. The lowest BCUT2D eigenvalue weighted by Crippen LogP contribution is -2.04. The highest BCUT2D eigenvalue weighted by Crippen LogP contribution is 2.32. The number of methoxy groups -OCH3 is 1.